The van der Waals surface area contributed by atoms with Crippen molar-refractivity contribution >= 4 is 34.7 Å². The Morgan fingerprint density at radius 2 is 2.13 bits per heavy atom. The standard InChI is InChI=1S/C15H13F2NO3S2/c1-20-11-6-8(2-3-10(11)21-15(16)17)13-14-9(4-5-22-14)18-12(19)7-23-13/h2-6,13,15H,7H2,1H3,(H,18,19). The van der Waals surface area contributed by atoms with E-state index in [1.165, 1.54) is 24.9 Å². The number of carbonyl (C=O) groups excluding carboxylic acids is 1. The topological polar surface area (TPSA) is 47.6 Å². The number of thioether (sulfide) groups is 1. The van der Waals surface area contributed by atoms with Gasteiger partial charge in [0, 0.05) is 4.88 Å². The van der Waals surface area contributed by atoms with Gasteiger partial charge in [-0.2, -0.15) is 8.78 Å². The smallest absolute Gasteiger partial charge is 0.387 e. The zero-order chi connectivity index (χ0) is 16.4. The van der Waals surface area contributed by atoms with Gasteiger partial charge >= 0.3 is 6.61 Å². The number of halogens is 2. The average molecular weight is 357 g/mol. The Morgan fingerprint density at radius 1 is 1.30 bits per heavy atom. The van der Waals surface area contributed by atoms with E-state index in [4.69, 9.17) is 4.74 Å². The molecule has 0 saturated heterocycles. The number of nitrogens with one attached hydrogen (secondary N) is 1. The normalized spacial score (nSPS) is 17.4. The summed E-state index contributed by atoms with van der Waals surface area (Å²) in [5.74, 6) is 0.501. The van der Waals surface area contributed by atoms with Gasteiger partial charge in [-0.1, -0.05) is 6.07 Å². The first kappa shape index (κ1) is 16.1. The van der Waals surface area contributed by atoms with Gasteiger partial charge in [-0.15, -0.1) is 23.1 Å². The molecule has 122 valence electrons. The second kappa shape index (κ2) is 6.76. The molecule has 0 saturated carbocycles. The highest BCUT2D eigenvalue weighted by Crippen LogP contribution is 2.46. The maximum Gasteiger partial charge on any atom is 0.387 e. The second-order valence-electron chi connectivity index (χ2n) is 4.73. The van der Waals surface area contributed by atoms with Gasteiger partial charge in [-0.3, -0.25) is 4.79 Å². The van der Waals surface area contributed by atoms with Crippen LogP contribution in [0.15, 0.2) is 29.6 Å². The lowest BCUT2D eigenvalue weighted by atomic mass is 10.1. The Labute approximate surface area is 139 Å². The van der Waals surface area contributed by atoms with Crippen molar-refractivity contribution in [2.75, 3.05) is 18.2 Å². The monoisotopic (exact) mass is 357 g/mol. The quantitative estimate of drug-likeness (QED) is 0.894. The van der Waals surface area contributed by atoms with E-state index in [0.29, 0.717) is 5.75 Å². The molecule has 2 aromatic rings. The van der Waals surface area contributed by atoms with Gasteiger partial charge < -0.3 is 14.8 Å². The molecule has 8 heteroatoms. The fraction of sp³-hybridized carbons (Fsp3) is 0.267. The fourth-order valence-corrected chi connectivity index (χ4v) is 4.57. The van der Waals surface area contributed by atoms with Crippen LogP contribution in [-0.2, 0) is 4.79 Å². The number of ether oxygens (including phenoxy) is 2. The van der Waals surface area contributed by atoms with Crippen LogP contribution in [0.25, 0.3) is 0 Å². The lowest BCUT2D eigenvalue weighted by Gasteiger charge is -2.17. The maximum atomic E-state index is 12.4. The van der Waals surface area contributed by atoms with Gasteiger partial charge in [0.15, 0.2) is 11.5 Å². The lowest BCUT2D eigenvalue weighted by Crippen LogP contribution is -2.11. The van der Waals surface area contributed by atoms with Crippen molar-refractivity contribution in [1.82, 2.24) is 0 Å². The summed E-state index contributed by atoms with van der Waals surface area (Å²) in [5.41, 5.74) is 1.66. The number of alkyl halides is 2. The van der Waals surface area contributed by atoms with Crippen LogP contribution in [0.5, 0.6) is 11.5 Å². The van der Waals surface area contributed by atoms with Crippen molar-refractivity contribution < 1.29 is 23.0 Å². The molecule has 0 spiro atoms. The van der Waals surface area contributed by atoms with E-state index in [1.807, 2.05) is 11.4 Å². The van der Waals surface area contributed by atoms with E-state index in [-0.39, 0.29) is 22.7 Å². The van der Waals surface area contributed by atoms with Crippen molar-refractivity contribution in [1.29, 1.82) is 0 Å². The number of rotatable bonds is 4. The molecular formula is C15H13F2NO3S2. The highest BCUT2D eigenvalue weighted by molar-refractivity contribution is 8.00. The van der Waals surface area contributed by atoms with Crippen molar-refractivity contribution in [3.63, 3.8) is 0 Å². The summed E-state index contributed by atoms with van der Waals surface area (Å²) >= 11 is 3.03. The summed E-state index contributed by atoms with van der Waals surface area (Å²) in [6.45, 7) is -2.91. The number of methoxy groups -OCH3 is 1. The highest BCUT2D eigenvalue weighted by atomic mass is 32.2. The molecule has 3 rings (SSSR count). The van der Waals surface area contributed by atoms with Crippen LogP contribution in [-0.4, -0.2) is 25.4 Å². The van der Waals surface area contributed by atoms with Crippen molar-refractivity contribution in [3.05, 3.63) is 40.1 Å². The molecule has 1 unspecified atom stereocenters. The predicted molar refractivity (Wildman–Crippen MR) is 86.9 cm³/mol. The molecule has 0 bridgehead atoms. The van der Waals surface area contributed by atoms with Crippen molar-refractivity contribution in [2.45, 2.75) is 11.9 Å². The molecule has 0 fully saturated rings. The zero-order valence-corrected chi connectivity index (χ0v) is 13.7. The second-order valence-corrected chi connectivity index (χ2v) is 6.77. The SMILES string of the molecule is COc1cc(C2SCC(=O)Nc3ccsc32)ccc1OC(F)F. The van der Waals surface area contributed by atoms with Gasteiger partial charge in [0.1, 0.15) is 0 Å². The first-order valence-electron chi connectivity index (χ1n) is 6.70. The van der Waals surface area contributed by atoms with Crippen LogP contribution in [0.3, 0.4) is 0 Å². The van der Waals surface area contributed by atoms with E-state index in [2.05, 4.69) is 10.1 Å². The van der Waals surface area contributed by atoms with Gasteiger partial charge in [0.2, 0.25) is 5.91 Å². The number of anilines is 1. The number of hydrogen-bond acceptors (Lipinski definition) is 5. The lowest BCUT2D eigenvalue weighted by molar-refractivity contribution is -0.113. The Morgan fingerprint density at radius 3 is 2.87 bits per heavy atom. The summed E-state index contributed by atoms with van der Waals surface area (Å²) in [5, 5.41) is 4.70. The largest absolute Gasteiger partial charge is 0.493 e. The minimum atomic E-state index is -2.91. The number of amides is 1. The minimum absolute atomic E-state index is 0.00882. The summed E-state index contributed by atoms with van der Waals surface area (Å²) < 4.78 is 34.4. The molecule has 2 heterocycles. The van der Waals surface area contributed by atoms with E-state index in [0.717, 1.165) is 16.1 Å². The maximum absolute atomic E-state index is 12.4. The van der Waals surface area contributed by atoms with Crippen LogP contribution in [0.4, 0.5) is 14.5 Å². The molecule has 1 aliphatic rings. The summed E-state index contributed by atoms with van der Waals surface area (Å²) in [7, 11) is 1.40. The summed E-state index contributed by atoms with van der Waals surface area (Å²) in [6.07, 6.45) is 0. The number of fused-ring (bicyclic) bond motifs is 1. The Balaban J connectivity index is 1.97. The third kappa shape index (κ3) is 3.42. The molecule has 1 aromatic heterocycles. The minimum Gasteiger partial charge on any atom is -0.493 e. The Kier molecular flexibility index (Phi) is 4.72. The predicted octanol–water partition coefficient (Wildman–Crippen LogP) is 4.13. The highest BCUT2D eigenvalue weighted by Gasteiger charge is 2.26. The van der Waals surface area contributed by atoms with E-state index in [9.17, 15) is 13.6 Å². The zero-order valence-electron chi connectivity index (χ0n) is 12.0. The molecule has 0 radical (unpaired) electrons. The van der Waals surface area contributed by atoms with Gasteiger partial charge in [0.05, 0.1) is 23.8 Å². The van der Waals surface area contributed by atoms with Crippen LogP contribution < -0.4 is 14.8 Å². The number of carbonyl (C=O) groups is 1. The summed E-state index contributed by atoms with van der Waals surface area (Å²) in [4.78, 5) is 12.8. The van der Waals surface area contributed by atoms with Crippen molar-refractivity contribution in [3.8, 4) is 11.5 Å². The molecule has 1 atom stereocenters. The fourth-order valence-electron chi connectivity index (χ4n) is 2.34. The van der Waals surface area contributed by atoms with Crippen LogP contribution in [0.2, 0.25) is 0 Å². The third-order valence-electron chi connectivity index (χ3n) is 3.29. The molecule has 1 aromatic carbocycles. The van der Waals surface area contributed by atoms with Gasteiger partial charge in [-0.25, -0.2) is 0 Å². The number of hydrogen-bond donors (Lipinski definition) is 1. The molecule has 1 N–H and O–H groups in total. The van der Waals surface area contributed by atoms with E-state index in [1.54, 1.807) is 23.5 Å². The number of benzene rings is 1. The Bertz CT molecular complexity index is 720. The number of thiophene rings is 1. The van der Waals surface area contributed by atoms with Crippen LogP contribution in [0.1, 0.15) is 15.7 Å². The molecular weight excluding hydrogens is 344 g/mol. The molecule has 4 nitrogen and oxygen atoms in total. The Hall–Kier alpha value is -1.80. The first-order chi connectivity index (χ1) is 11.1. The van der Waals surface area contributed by atoms with Crippen molar-refractivity contribution in [2.24, 2.45) is 0 Å². The van der Waals surface area contributed by atoms with E-state index < -0.39 is 6.61 Å². The molecule has 23 heavy (non-hydrogen) atoms. The van der Waals surface area contributed by atoms with Gasteiger partial charge in [-0.05, 0) is 29.1 Å². The molecule has 1 amide bonds. The van der Waals surface area contributed by atoms with E-state index >= 15 is 0 Å². The third-order valence-corrected chi connectivity index (χ3v) is 5.70. The van der Waals surface area contributed by atoms with Crippen LogP contribution in [0, 0.1) is 0 Å². The van der Waals surface area contributed by atoms with Crippen LogP contribution >= 0.6 is 23.1 Å². The molecule has 0 aliphatic carbocycles. The van der Waals surface area contributed by atoms with Gasteiger partial charge in [0.25, 0.3) is 0 Å². The average Bonchev–Trinajstić information content (AvgIpc) is 2.90. The summed E-state index contributed by atoms with van der Waals surface area (Å²) in [6, 6.07) is 6.72. The molecule has 1 aliphatic heterocycles. The first-order valence-corrected chi connectivity index (χ1v) is 8.63.